The maximum atomic E-state index is 12.4. The fourth-order valence-electron chi connectivity index (χ4n) is 3.48. The molecule has 2 aromatic rings. The molecule has 2 aromatic carbocycles. The van der Waals surface area contributed by atoms with Crippen LogP contribution in [0, 0.1) is 5.41 Å². The number of aliphatic hydroxyl groups is 1. The van der Waals surface area contributed by atoms with Crippen molar-refractivity contribution in [3.8, 4) is 5.75 Å². The van der Waals surface area contributed by atoms with E-state index >= 15 is 0 Å². The Morgan fingerprint density at radius 2 is 1.52 bits per heavy atom. The van der Waals surface area contributed by atoms with Gasteiger partial charge in [-0.05, 0) is 62.4 Å². The summed E-state index contributed by atoms with van der Waals surface area (Å²) >= 11 is 0. The van der Waals surface area contributed by atoms with Gasteiger partial charge in [-0.25, -0.2) is 4.79 Å². The highest BCUT2D eigenvalue weighted by atomic mass is 16.5. The SMILES string of the molecule is COc1ccc(N2CCN(c3ccc(N(C=N)C(=O)NC(C)C(C)O)cc3)CC2)cc1. The highest BCUT2D eigenvalue weighted by molar-refractivity contribution is 6.06. The normalized spacial score (nSPS) is 15.7. The molecule has 3 rings (SSSR count). The Morgan fingerprint density at radius 1 is 1.03 bits per heavy atom. The molecule has 8 nitrogen and oxygen atoms in total. The van der Waals surface area contributed by atoms with E-state index in [4.69, 9.17) is 10.1 Å². The van der Waals surface area contributed by atoms with Gasteiger partial charge >= 0.3 is 6.03 Å². The second kappa shape index (κ2) is 10.2. The number of methoxy groups -OCH3 is 1. The van der Waals surface area contributed by atoms with Crippen LogP contribution in [0.4, 0.5) is 21.9 Å². The standard InChI is InChI=1S/C23H31N5O3/c1-17(18(2)29)25-23(30)28(16-24)21-6-4-19(5-7-21)26-12-14-27(15-13-26)20-8-10-22(31-3)11-9-20/h4-11,16-18,24,29H,12-15H2,1-3H3,(H,25,30). The summed E-state index contributed by atoms with van der Waals surface area (Å²) in [6.45, 7) is 6.96. The van der Waals surface area contributed by atoms with E-state index in [0.29, 0.717) is 5.69 Å². The molecule has 1 aliphatic heterocycles. The van der Waals surface area contributed by atoms with Crippen molar-refractivity contribution < 1.29 is 14.6 Å². The molecular weight excluding hydrogens is 394 g/mol. The lowest BCUT2D eigenvalue weighted by atomic mass is 10.2. The first kappa shape index (κ1) is 22.4. The Morgan fingerprint density at radius 3 is 1.94 bits per heavy atom. The van der Waals surface area contributed by atoms with Gasteiger partial charge < -0.3 is 25.0 Å². The molecule has 0 aromatic heterocycles. The van der Waals surface area contributed by atoms with Crippen LogP contribution in [0.25, 0.3) is 0 Å². The van der Waals surface area contributed by atoms with Crippen molar-refractivity contribution in [2.24, 2.45) is 0 Å². The molecule has 0 radical (unpaired) electrons. The van der Waals surface area contributed by atoms with Crippen molar-refractivity contribution in [2.75, 3.05) is 48.0 Å². The zero-order valence-electron chi connectivity index (χ0n) is 18.3. The van der Waals surface area contributed by atoms with E-state index in [1.165, 1.54) is 10.6 Å². The van der Waals surface area contributed by atoms with E-state index < -0.39 is 18.2 Å². The average molecular weight is 426 g/mol. The van der Waals surface area contributed by atoms with E-state index in [0.717, 1.165) is 44.0 Å². The number of amides is 2. The van der Waals surface area contributed by atoms with Gasteiger partial charge in [0.1, 0.15) is 5.75 Å². The summed E-state index contributed by atoms with van der Waals surface area (Å²) in [6, 6.07) is 14.9. The van der Waals surface area contributed by atoms with Crippen LogP contribution in [0.15, 0.2) is 48.5 Å². The summed E-state index contributed by atoms with van der Waals surface area (Å²) in [6.07, 6.45) is 0.308. The van der Waals surface area contributed by atoms with E-state index in [2.05, 4.69) is 27.2 Å². The number of carbonyl (C=O) groups excluding carboxylic acids is 1. The van der Waals surface area contributed by atoms with Gasteiger partial charge in [0, 0.05) is 37.6 Å². The summed E-state index contributed by atoms with van der Waals surface area (Å²) < 4.78 is 5.23. The molecule has 2 unspecified atom stereocenters. The van der Waals surface area contributed by atoms with Gasteiger partial charge in [-0.1, -0.05) is 0 Å². The Labute approximate surface area is 183 Å². The molecular formula is C23H31N5O3. The molecule has 0 aliphatic carbocycles. The number of anilines is 3. The summed E-state index contributed by atoms with van der Waals surface area (Å²) in [7, 11) is 1.67. The maximum absolute atomic E-state index is 12.4. The van der Waals surface area contributed by atoms with Gasteiger partial charge in [0.05, 0.1) is 31.3 Å². The Hall–Kier alpha value is -3.26. The molecule has 3 N–H and O–H groups in total. The van der Waals surface area contributed by atoms with Gasteiger partial charge in [-0.2, -0.15) is 0 Å². The number of carbonyl (C=O) groups is 1. The van der Waals surface area contributed by atoms with E-state index in [1.54, 1.807) is 21.0 Å². The van der Waals surface area contributed by atoms with Gasteiger partial charge in [-0.3, -0.25) is 10.3 Å². The molecule has 0 saturated carbocycles. The minimum atomic E-state index is -0.671. The number of nitrogens with zero attached hydrogens (tertiary/aromatic N) is 3. The van der Waals surface area contributed by atoms with Crippen molar-refractivity contribution in [3.63, 3.8) is 0 Å². The first-order chi connectivity index (χ1) is 14.9. The van der Waals surface area contributed by atoms with Crippen molar-refractivity contribution in [1.29, 1.82) is 5.41 Å². The second-order valence-corrected chi connectivity index (χ2v) is 7.67. The van der Waals surface area contributed by atoms with Crippen LogP contribution in [0.5, 0.6) is 5.75 Å². The quantitative estimate of drug-likeness (QED) is 0.469. The predicted molar refractivity (Wildman–Crippen MR) is 125 cm³/mol. The lowest BCUT2D eigenvalue weighted by Crippen LogP contribution is -2.47. The minimum absolute atomic E-state index is 0.406. The number of piperazine rings is 1. The Balaban J connectivity index is 1.59. The third-order valence-electron chi connectivity index (χ3n) is 5.63. The molecule has 1 aliphatic rings. The first-order valence-electron chi connectivity index (χ1n) is 10.5. The van der Waals surface area contributed by atoms with Gasteiger partial charge in [0.25, 0.3) is 0 Å². The number of nitrogens with one attached hydrogen (secondary N) is 2. The minimum Gasteiger partial charge on any atom is -0.497 e. The van der Waals surface area contributed by atoms with Crippen molar-refractivity contribution in [2.45, 2.75) is 26.0 Å². The third kappa shape index (κ3) is 5.46. The number of urea groups is 1. The third-order valence-corrected chi connectivity index (χ3v) is 5.63. The molecule has 0 bridgehead atoms. The largest absolute Gasteiger partial charge is 0.497 e. The topological polar surface area (TPSA) is 92.1 Å². The lowest BCUT2D eigenvalue weighted by Gasteiger charge is -2.37. The van der Waals surface area contributed by atoms with E-state index in [-0.39, 0.29) is 0 Å². The number of aliphatic hydroxyl groups excluding tert-OH is 1. The summed E-state index contributed by atoms with van der Waals surface area (Å²) in [4.78, 5) is 18.3. The number of hydrogen-bond donors (Lipinski definition) is 3. The van der Waals surface area contributed by atoms with Crippen LogP contribution in [0.3, 0.4) is 0 Å². The highest BCUT2D eigenvalue weighted by Gasteiger charge is 2.20. The van der Waals surface area contributed by atoms with Crippen LogP contribution in [-0.4, -0.2) is 62.9 Å². The Kier molecular flexibility index (Phi) is 7.36. The van der Waals surface area contributed by atoms with Crippen molar-refractivity contribution in [1.82, 2.24) is 5.32 Å². The summed E-state index contributed by atoms with van der Waals surface area (Å²) in [5.74, 6) is 0.857. The second-order valence-electron chi connectivity index (χ2n) is 7.67. The monoisotopic (exact) mass is 425 g/mol. The predicted octanol–water partition coefficient (Wildman–Crippen LogP) is 2.91. The summed E-state index contributed by atoms with van der Waals surface area (Å²) in [5.41, 5.74) is 2.88. The smallest absolute Gasteiger partial charge is 0.327 e. The molecule has 166 valence electrons. The van der Waals surface area contributed by atoms with Crippen LogP contribution in [0.2, 0.25) is 0 Å². The number of rotatable bonds is 7. The molecule has 2 atom stereocenters. The molecule has 1 heterocycles. The lowest BCUT2D eigenvalue weighted by molar-refractivity contribution is 0.154. The molecule has 0 spiro atoms. The zero-order valence-corrected chi connectivity index (χ0v) is 18.3. The zero-order chi connectivity index (χ0) is 22.4. The maximum Gasteiger partial charge on any atom is 0.327 e. The van der Waals surface area contributed by atoms with E-state index in [9.17, 15) is 9.90 Å². The van der Waals surface area contributed by atoms with Gasteiger partial charge in [-0.15, -0.1) is 0 Å². The van der Waals surface area contributed by atoms with Crippen LogP contribution < -0.4 is 24.8 Å². The molecule has 8 heteroatoms. The number of ether oxygens (including phenoxy) is 1. The fourth-order valence-corrected chi connectivity index (χ4v) is 3.48. The average Bonchev–Trinajstić information content (AvgIpc) is 2.80. The highest BCUT2D eigenvalue weighted by Crippen LogP contribution is 2.24. The fraction of sp³-hybridized carbons (Fsp3) is 0.391. The van der Waals surface area contributed by atoms with Crippen LogP contribution in [-0.2, 0) is 0 Å². The number of hydrogen-bond acceptors (Lipinski definition) is 6. The number of benzene rings is 2. The van der Waals surface area contributed by atoms with Gasteiger partial charge in [0.2, 0.25) is 0 Å². The molecule has 2 amide bonds. The Bertz CT molecular complexity index is 862. The molecule has 1 fully saturated rings. The molecule has 31 heavy (non-hydrogen) atoms. The van der Waals surface area contributed by atoms with Crippen molar-refractivity contribution in [3.05, 3.63) is 48.5 Å². The van der Waals surface area contributed by atoms with Crippen LogP contribution in [0.1, 0.15) is 13.8 Å². The molecule has 1 saturated heterocycles. The van der Waals surface area contributed by atoms with Crippen LogP contribution >= 0.6 is 0 Å². The van der Waals surface area contributed by atoms with Gasteiger partial charge in [0.15, 0.2) is 0 Å². The van der Waals surface area contributed by atoms with Crippen molar-refractivity contribution >= 4 is 29.4 Å². The van der Waals surface area contributed by atoms with E-state index in [1.807, 2.05) is 36.4 Å². The summed E-state index contributed by atoms with van der Waals surface area (Å²) in [5, 5.41) is 19.9. The first-order valence-corrected chi connectivity index (χ1v) is 10.5.